The molecule has 4 heteroatoms. The largest absolute Gasteiger partial charge is 0.370 e. The molecule has 1 atom stereocenters. The zero-order valence-corrected chi connectivity index (χ0v) is 17.3. The molecule has 4 nitrogen and oxygen atoms in total. The van der Waals surface area contributed by atoms with Gasteiger partial charge < -0.3 is 10.1 Å². The Bertz CT molecular complexity index is 701. The van der Waals surface area contributed by atoms with E-state index in [1.54, 1.807) is 12.4 Å². The van der Waals surface area contributed by atoms with Gasteiger partial charge in [0, 0.05) is 29.9 Å². The summed E-state index contributed by atoms with van der Waals surface area (Å²) in [7, 11) is 0. The van der Waals surface area contributed by atoms with Gasteiger partial charge in [-0.05, 0) is 54.0 Å². The van der Waals surface area contributed by atoms with Gasteiger partial charge in [-0.15, -0.1) is 0 Å². The number of nitrogens with one attached hydrogen (secondary N) is 1. The minimum atomic E-state index is -0.258. The number of nitrogens with zero attached hydrogens (tertiary/aromatic N) is 2. The summed E-state index contributed by atoms with van der Waals surface area (Å²) in [5, 5.41) is 3.79. The molecule has 2 aromatic rings. The molecule has 0 saturated heterocycles. The fourth-order valence-corrected chi connectivity index (χ4v) is 3.14. The van der Waals surface area contributed by atoms with Crippen molar-refractivity contribution < 1.29 is 4.74 Å². The van der Waals surface area contributed by atoms with Crippen molar-refractivity contribution in [2.24, 2.45) is 0 Å². The zero-order chi connectivity index (χ0) is 19.4. The molecule has 26 heavy (non-hydrogen) atoms. The topological polar surface area (TPSA) is 47.0 Å². The molecule has 0 aliphatic carbocycles. The van der Waals surface area contributed by atoms with E-state index in [0.29, 0.717) is 6.61 Å². The van der Waals surface area contributed by atoms with Gasteiger partial charge in [-0.3, -0.25) is 9.97 Å². The molecule has 0 amide bonds. The Morgan fingerprint density at radius 2 is 1.42 bits per heavy atom. The fraction of sp³-hybridized carbons (Fsp3) is 0.545. The van der Waals surface area contributed by atoms with Gasteiger partial charge in [0.25, 0.3) is 0 Å². The van der Waals surface area contributed by atoms with Crippen molar-refractivity contribution >= 4 is 0 Å². The van der Waals surface area contributed by atoms with E-state index in [1.165, 1.54) is 5.56 Å². The minimum Gasteiger partial charge on any atom is -0.370 e. The Balaban J connectivity index is 2.35. The van der Waals surface area contributed by atoms with E-state index in [1.807, 2.05) is 6.07 Å². The van der Waals surface area contributed by atoms with Crippen LogP contribution < -0.4 is 5.32 Å². The molecular formula is C22H33N3O. The molecule has 1 aromatic heterocycles. The van der Waals surface area contributed by atoms with E-state index < -0.39 is 0 Å². The highest BCUT2D eigenvalue weighted by Crippen LogP contribution is 2.28. The summed E-state index contributed by atoms with van der Waals surface area (Å²) >= 11 is 0. The van der Waals surface area contributed by atoms with Crippen LogP contribution in [0.1, 0.15) is 65.4 Å². The third kappa shape index (κ3) is 6.19. The summed E-state index contributed by atoms with van der Waals surface area (Å²) in [5.74, 6) is 0. The number of benzene rings is 1. The van der Waals surface area contributed by atoms with Crippen molar-refractivity contribution in [3.63, 3.8) is 0 Å². The van der Waals surface area contributed by atoms with Crippen LogP contribution in [-0.4, -0.2) is 21.1 Å². The molecule has 0 radical (unpaired) electrons. The molecule has 0 bridgehead atoms. The van der Waals surface area contributed by atoms with Crippen LogP contribution in [0, 0.1) is 0 Å². The lowest BCUT2D eigenvalue weighted by atomic mass is 9.84. The quantitative estimate of drug-likeness (QED) is 0.820. The van der Waals surface area contributed by atoms with Crippen molar-refractivity contribution in [3.05, 3.63) is 59.7 Å². The fourth-order valence-electron chi connectivity index (χ4n) is 3.14. The highest BCUT2D eigenvalue weighted by atomic mass is 16.5. The third-order valence-corrected chi connectivity index (χ3v) is 4.09. The van der Waals surface area contributed by atoms with E-state index in [0.717, 1.165) is 17.8 Å². The van der Waals surface area contributed by atoms with Gasteiger partial charge in [-0.25, -0.2) is 0 Å². The maximum absolute atomic E-state index is 5.95. The van der Waals surface area contributed by atoms with Gasteiger partial charge in [0.15, 0.2) is 0 Å². The van der Waals surface area contributed by atoms with Crippen molar-refractivity contribution in [3.8, 4) is 0 Å². The normalized spacial score (nSPS) is 14.9. The monoisotopic (exact) mass is 355 g/mol. The Hall–Kier alpha value is -1.78. The highest BCUT2D eigenvalue weighted by Gasteiger charge is 2.32. The standard InChI is InChI=1S/C22H33N3O/c1-20(2,3)25-22(7,17-11-9-8-10-12-17)15-18-19(24-14-13-23-18)16-26-21(4,5)6/h8-14,25H,15-16H2,1-7H3. The molecule has 0 spiro atoms. The van der Waals surface area contributed by atoms with Crippen molar-refractivity contribution in [1.29, 1.82) is 0 Å². The van der Waals surface area contributed by atoms with Crippen LogP contribution in [0.3, 0.4) is 0 Å². The summed E-state index contributed by atoms with van der Waals surface area (Å²) in [6.45, 7) is 15.4. The molecule has 0 aliphatic heterocycles. The van der Waals surface area contributed by atoms with Crippen LogP contribution in [0.15, 0.2) is 42.7 Å². The summed E-state index contributed by atoms with van der Waals surface area (Å²) < 4.78 is 5.95. The second-order valence-corrected chi connectivity index (χ2v) is 9.10. The first-order valence-corrected chi connectivity index (χ1v) is 9.26. The molecule has 142 valence electrons. The van der Waals surface area contributed by atoms with E-state index in [9.17, 15) is 0 Å². The maximum atomic E-state index is 5.95. The lowest BCUT2D eigenvalue weighted by molar-refractivity contribution is -0.0170. The van der Waals surface area contributed by atoms with Crippen LogP contribution in [-0.2, 0) is 23.3 Å². The second-order valence-electron chi connectivity index (χ2n) is 9.10. The molecule has 2 rings (SSSR count). The van der Waals surface area contributed by atoms with E-state index in [4.69, 9.17) is 4.74 Å². The molecule has 1 N–H and O–H groups in total. The van der Waals surface area contributed by atoms with Gasteiger partial charge in [0.05, 0.1) is 23.6 Å². The van der Waals surface area contributed by atoms with Crippen LogP contribution in [0.2, 0.25) is 0 Å². The number of ether oxygens (including phenoxy) is 1. The highest BCUT2D eigenvalue weighted by molar-refractivity contribution is 5.27. The molecular weight excluding hydrogens is 322 g/mol. The summed E-state index contributed by atoms with van der Waals surface area (Å²) in [6.07, 6.45) is 4.24. The second kappa shape index (κ2) is 7.85. The van der Waals surface area contributed by atoms with E-state index in [-0.39, 0.29) is 16.7 Å². The Morgan fingerprint density at radius 1 is 0.846 bits per heavy atom. The average molecular weight is 356 g/mol. The molecule has 1 unspecified atom stereocenters. The van der Waals surface area contributed by atoms with Crippen LogP contribution in [0.25, 0.3) is 0 Å². The predicted octanol–water partition coefficient (Wildman–Crippen LogP) is 4.64. The first-order chi connectivity index (χ1) is 12.0. The third-order valence-electron chi connectivity index (χ3n) is 4.09. The summed E-state index contributed by atoms with van der Waals surface area (Å²) in [5.41, 5.74) is 2.62. The SMILES string of the molecule is CC(C)(C)NC(C)(Cc1nccnc1COC(C)(C)C)c1ccccc1. The number of hydrogen-bond donors (Lipinski definition) is 1. The number of aromatic nitrogens is 2. The first kappa shape index (κ1) is 20.5. The van der Waals surface area contributed by atoms with Crippen LogP contribution >= 0.6 is 0 Å². The van der Waals surface area contributed by atoms with Gasteiger partial charge in [-0.1, -0.05) is 30.3 Å². The smallest absolute Gasteiger partial charge is 0.0913 e. The van der Waals surface area contributed by atoms with Gasteiger partial charge in [0.2, 0.25) is 0 Å². The first-order valence-electron chi connectivity index (χ1n) is 9.26. The predicted molar refractivity (Wildman–Crippen MR) is 107 cm³/mol. The molecule has 1 heterocycles. The summed E-state index contributed by atoms with van der Waals surface area (Å²) in [4.78, 5) is 9.18. The van der Waals surface area contributed by atoms with Crippen LogP contribution in [0.4, 0.5) is 0 Å². The lowest BCUT2D eigenvalue weighted by Crippen LogP contribution is -2.51. The molecule has 1 aromatic carbocycles. The minimum absolute atomic E-state index is 0.0329. The Morgan fingerprint density at radius 3 is 1.96 bits per heavy atom. The number of hydrogen-bond acceptors (Lipinski definition) is 4. The Labute approximate surface area is 158 Å². The van der Waals surface area contributed by atoms with E-state index in [2.05, 4.69) is 88.0 Å². The number of rotatable bonds is 6. The average Bonchev–Trinajstić information content (AvgIpc) is 2.52. The summed E-state index contributed by atoms with van der Waals surface area (Å²) in [6, 6.07) is 10.5. The zero-order valence-electron chi connectivity index (χ0n) is 17.3. The van der Waals surface area contributed by atoms with Gasteiger partial charge >= 0.3 is 0 Å². The maximum Gasteiger partial charge on any atom is 0.0913 e. The van der Waals surface area contributed by atoms with Gasteiger partial charge in [-0.2, -0.15) is 0 Å². The van der Waals surface area contributed by atoms with Crippen molar-refractivity contribution in [1.82, 2.24) is 15.3 Å². The van der Waals surface area contributed by atoms with E-state index >= 15 is 0 Å². The Kier molecular flexibility index (Phi) is 6.20. The lowest BCUT2D eigenvalue weighted by Gasteiger charge is -2.38. The molecule has 0 saturated carbocycles. The molecule has 0 fully saturated rings. The van der Waals surface area contributed by atoms with Crippen molar-refractivity contribution in [2.45, 2.75) is 78.2 Å². The van der Waals surface area contributed by atoms with Crippen molar-refractivity contribution in [2.75, 3.05) is 0 Å². The molecule has 0 aliphatic rings. The van der Waals surface area contributed by atoms with Gasteiger partial charge in [0.1, 0.15) is 0 Å². The van der Waals surface area contributed by atoms with Crippen LogP contribution in [0.5, 0.6) is 0 Å².